The van der Waals surface area contributed by atoms with Gasteiger partial charge in [-0.2, -0.15) is 4.68 Å². The number of nitrogens with zero attached hydrogens (tertiary/aromatic N) is 4. The number of nitrogen functional groups attached to an aromatic ring is 1. The Morgan fingerprint density at radius 1 is 1.10 bits per heavy atom. The predicted octanol–water partition coefficient (Wildman–Crippen LogP) is 2.95. The smallest absolute Gasteiger partial charge is 0.187 e. The SMILES string of the molecule is Nc1cc(-c2nnnn2-c2ccc(F)cc2Br)ccc1F. The minimum Gasteiger partial charge on any atom is -0.396 e. The second-order valence-electron chi connectivity index (χ2n) is 4.25. The number of benzene rings is 2. The van der Waals surface area contributed by atoms with Crippen molar-refractivity contribution in [1.29, 1.82) is 0 Å². The van der Waals surface area contributed by atoms with E-state index in [1.165, 1.54) is 41.1 Å². The summed E-state index contributed by atoms with van der Waals surface area (Å²) in [4.78, 5) is 0. The van der Waals surface area contributed by atoms with Gasteiger partial charge < -0.3 is 5.73 Å². The van der Waals surface area contributed by atoms with E-state index in [9.17, 15) is 8.78 Å². The fourth-order valence-corrected chi connectivity index (χ4v) is 2.38. The Morgan fingerprint density at radius 3 is 2.62 bits per heavy atom. The monoisotopic (exact) mass is 351 g/mol. The molecule has 0 saturated heterocycles. The van der Waals surface area contributed by atoms with E-state index in [0.29, 0.717) is 21.5 Å². The highest BCUT2D eigenvalue weighted by atomic mass is 79.9. The molecule has 21 heavy (non-hydrogen) atoms. The molecule has 0 fully saturated rings. The minimum atomic E-state index is -0.513. The lowest BCUT2D eigenvalue weighted by Crippen LogP contribution is -2.02. The maximum atomic E-state index is 13.2. The van der Waals surface area contributed by atoms with Crippen LogP contribution in [0.3, 0.4) is 0 Å². The van der Waals surface area contributed by atoms with Crippen LogP contribution in [-0.2, 0) is 0 Å². The first kappa shape index (κ1) is 13.6. The molecule has 2 N–H and O–H groups in total. The molecule has 5 nitrogen and oxygen atoms in total. The maximum absolute atomic E-state index is 13.2. The van der Waals surface area contributed by atoms with Crippen molar-refractivity contribution >= 4 is 21.6 Å². The summed E-state index contributed by atoms with van der Waals surface area (Å²) in [6.07, 6.45) is 0. The van der Waals surface area contributed by atoms with Gasteiger partial charge in [0.2, 0.25) is 0 Å². The molecule has 1 aromatic heterocycles. The molecule has 0 atom stereocenters. The molecule has 3 aromatic rings. The largest absolute Gasteiger partial charge is 0.396 e. The van der Waals surface area contributed by atoms with Gasteiger partial charge in [0.15, 0.2) is 5.82 Å². The van der Waals surface area contributed by atoms with Gasteiger partial charge in [0.25, 0.3) is 0 Å². The topological polar surface area (TPSA) is 69.6 Å². The van der Waals surface area contributed by atoms with Crippen molar-refractivity contribution in [2.24, 2.45) is 0 Å². The lowest BCUT2D eigenvalue weighted by atomic mass is 10.2. The van der Waals surface area contributed by atoms with Crippen LogP contribution in [0, 0.1) is 11.6 Å². The highest BCUT2D eigenvalue weighted by molar-refractivity contribution is 9.10. The molecule has 0 aliphatic heterocycles. The van der Waals surface area contributed by atoms with Crippen molar-refractivity contribution in [3.63, 3.8) is 0 Å². The summed E-state index contributed by atoms with van der Waals surface area (Å²) in [5, 5.41) is 11.4. The van der Waals surface area contributed by atoms with E-state index < -0.39 is 5.82 Å². The Morgan fingerprint density at radius 2 is 1.90 bits per heavy atom. The van der Waals surface area contributed by atoms with Crippen LogP contribution in [0.4, 0.5) is 14.5 Å². The van der Waals surface area contributed by atoms with E-state index >= 15 is 0 Å². The molecule has 0 bridgehead atoms. The van der Waals surface area contributed by atoms with Gasteiger partial charge in [-0.3, -0.25) is 0 Å². The van der Waals surface area contributed by atoms with Gasteiger partial charge in [0.05, 0.1) is 11.4 Å². The number of aromatic nitrogens is 4. The van der Waals surface area contributed by atoms with E-state index in [1.54, 1.807) is 0 Å². The normalized spacial score (nSPS) is 10.8. The van der Waals surface area contributed by atoms with Gasteiger partial charge in [-0.15, -0.1) is 5.10 Å². The molecular formula is C13H8BrF2N5. The summed E-state index contributed by atoms with van der Waals surface area (Å²) in [6, 6.07) is 8.33. The van der Waals surface area contributed by atoms with Gasteiger partial charge in [0, 0.05) is 10.0 Å². The zero-order valence-electron chi connectivity index (χ0n) is 10.5. The standard InChI is InChI=1S/C13H8BrF2N5/c14-9-6-8(15)2-4-12(9)21-13(18-19-20-21)7-1-3-10(16)11(17)5-7/h1-6H,17H2. The molecule has 0 aliphatic carbocycles. The molecule has 0 unspecified atom stereocenters. The van der Waals surface area contributed by atoms with Crippen LogP contribution in [0.25, 0.3) is 17.1 Å². The van der Waals surface area contributed by atoms with Crippen molar-refractivity contribution in [3.8, 4) is 17.1 Å². The minimum absolute atomic E-state index is 0.000205. The fraction of sp³-hybridized carbons (Fsp3) is 0. The summed E-state index contributed by atoms with van der Waals surface area (Å²) >= 11 is 3.26. The zero-order valence-corrected chi connectivity index (χ0v) is 12.1. The van der Waals surface area contributed by atoms with Crippen LogP contribution in [0.5, 0.6) is 0 Å². The third-order valence-electron chi connectivity index (χ3n) is 2.86. The van der Waals surface area contributed by atoms with E-state index in [-0.39, 0.29) is 11.5 Å². The first-order valence-corrected chi connectivity index (χ1v) is 6.65. The number of hydrogen-bond acceptors (Lipinski definition) is 4. The average molecular weight is 352 g/mol. The average Bonchev–Trinajstić information content (AvgIpc) is 2.91. The van der Waals surface area contributed by atoms with Crippen molar-refractivity contribution in [1.82, 2.24) is 20.2 Å². The Hall–Kier alpha value is -2.35. The number of nitrogens with two attached hydrogens (primary N) is 1. The number of tetrazole rings is 1. The third-order valence-corrected chi connectivity index (χ3v) is 3.50. The van der Waals surface area contributed by atoms with Crippen molar-refractivity contribution in [3.05, 3.63) is 52.5 Å². The maximum Gasteiger partial charge on any atom is 0.187 e. The number of hydrogen-bond donors (Lipinski definition) is 1. The van der Waals surface area contributed by atoms with Gasteiger partial charge in [-0.25, -0.2) is 8.78 Å². The number of rotatable bonds is 2. The van der Waals surface area contributed by atoms with Crippen LogP contribution < -0.4 is 5.73 Å². The second kappa shape index (κ2) is 5.21. The Bertz CT molecular complexity index is 818. The quantitative estimate of drug-likeness (QED) is 0.720. The van der Waals surface area contributed by atoms with Gasteiger partial charge in [0.1, 0.15) is 11.6 Å². The zero-order chi connectivity index (χ0) is 15.0. The summed E-state index contributed by atoms with van der Waals surface area (Å²) in [5.41, 5.74) is 6.66. The van der Waals surface area contributed by atoms with E-state index in [1.807, 2.05) is 0 Å². The fourth-order valence-electron chi connectivity index (χ4n) is 1.87. The van der Waals surface area contributed by atoms with E-state index in [2.05, 4.69) is 31.5 Å². The molecule has 0 amide bonds. The molecule has 0 radical (unpaired) electrons. The lowest BCUT2D eigenvalue weighted by molar-refractivity contribution is 0.625. The Kier molecular flexibility index (Phi) is 3.38. The van der Waals surface area contributed by atoms with Crippen LogP contribution in [0.15, 0.2) is 40.9 Å². The molecule has 2 aromatic carbocycles. The molecule has 0 aliphatic rings. The highest BCUT2D eigenvalue weighted by Crippen LogP contribution is 2.27. The van der Waals surface area contributed by atoms with Crippen molar-refractivity contribution < 1.29 is 8.78 Å². The lowest BCUT2D eigenvalue weighted by Gasteiger charge is -2.07. The molecular weight excluding hydrogens is 344 g/mol. The second-order valence-corrected chi connectivity index (χ2v) is 5.10. The molecule has 1 heterocycles. The van der Waals surface area contributed by atoms with E-state index in [4.69, 9.17) is 5.73 Å². The van der Waals surface area contributed by atoms with Crippen molar-refractivity contribution in [2.45, 2.75) is 0 Å². The van der Waals surface area contributed by atoms with Crippen LogP contribution in [-0.4, -0.2) is 20.2 Å². The van der Waals surface area contributed by atoms with Gasteiger partial charge in [-0.05, 0) is 62.8 Å². The molecule has 0 spiro atoms. The Labute approximate surface area is 126 Å². The van der Waals surface area contributed by atoms with Crippen LogP contribution >= 0.6 is 15.9 Å². The number of halogens is 3. The van der Waals surface area contributed by atoms with Gasteiger partial charge in [-0.1, -0.05) is 0 Å². The summed E-state index contributed by atoms with van der Waals surface area (Å²) < 4.78 is 28.3. The third kappa shape index (κ3) is 2.49. The molecule has 3 rings (SSSR count). The summed E-state index contributed by atoms with van der Waals surface area (Å²) in [6.45, 7) is 0. The summed E-state index contributed by atoms with van der Waals surface area (Å²) in [5.74, 6) is -0.527. The first-order chi connectivity index (χ1) is 10.1. The van der Waals surface area contributed by atoms with Crippen molar-refractivity contribution in [2.75, 3.05) is 5.73 Å². The van der Waals surface area contributed by atoms with Gasteiger partial charge >= 0.3 is 0 Å². The molecule has 8 heteroatoms. The molecule has 106 valence electrons. The van der Waals surface area contributed by atoms with Crippen LogP contribution in [0.1, 0.15) is 0 Å². The number of anilines is 1. The van der Waals surface area contributed by atoms with Crippen LogP contribution in [0.2, 0.25) is 0 Å². The summed E-state index contributed by atoms with van der Waals surface area (Å²) in [7, 11) is 0. The first-order valence-electron chi connectivity index (χ1n) is 5.85. The molecule has 0 saturated carbocycles. The highest BCUT2D eigenvalue weighted by Gasteiger charge is 2.14. The predicted molar refractivity (Wildman–Crippen MR) is 76.6 cm³/mol. The Balaban J connectivity index is 2.14. The van der Waals surface area contributed by atoms with E-state index in [0.717, 1.165) is 0 Å².